The number of benzene rings is 1. The predicted octanol–water partition coefficient (Wildman–Crippen LogP) is 0.962. The van der Waals surface area contributed by atoms with Crippen LogP contribution in [0.3, 0.4) is 0 Å². The third kappa shape index (κ3) is 3.29. The van der Waals surface area contributed by atoms with E-state index in [1.165, 1.54) is 6.21 Å². The Morgan fingerprint density at radius 2 is 2.00 bits per heavy atom. The predicted molar refractivity (Wildman–Crippen MR) is 101 cm³/mol. The number of amides is 1. The number of ether oxygens (including phenoxy) is 1. The maximum Gasteiger partial charge on any atom is 0.254 e. The summed E-state index contributed by atoms with van der Waals surface area (Å²) in [4.78, 5) is 23.0. The van der Waals surface area contributed by atoms with E-state index >= 15 is 0 Å². The van der Waals surface area contributed by atoms with Crippen molar-refractivity contribution < 1.29 is 14.4 Å². The maximum absolute atomic E-state index is 13.4. The number of piperidine rings is 1. The van der Waals surface area contributed by atoms with Crippen LogP contribution < -0.4 is 5.48 Å². The van der Waals surface area contributed by atoms with Crippen LogP contribution in [-0.2, 0) is 19.9 Å². The Morgan fingerprint density at radius 3 is 2.67 bits per heavy atom. The average Bonchev–Trinajstić information content (AvgIpc) is 3.29. The lowest BCUT2D eigenvalue weighted by molar-refractivity contribution is -0.152. The van der Waals surface area contributed by atoms with Crippen LogP contribution in [0.2, 0.25) is 0 Å². The second kappa shape index (κ2) is 8.06. The van der Waals surface area contributed by atoms with Gasteiger partial charge in [0.05, 0.1) is 13.2 Å². The minimum Gasteiger partial charge on any atom is -0.379 e. The summed E-state index contributed by atoms with van der Waals surface area (Å²) < 4.78 is 5.53. The van der Waals surface area contributed by atoms with Crippen LogP contribution in [0.5, 0.6) is 0 Å². The van der Waals surface area contributed by atoms with Crippen molar-refractivity contribution in [1.82, 2.24) is 15.3 Å². The lowest BCUT2D eigenvalue weighted by Crippen LogP contribution is -2.67. The number of morpholine rings is 1. The molecule has 3 unspecified atom stereocenters. The molecule has 3 saturated heterocycles. The number of nitrogens with zero attached hydrogens (tertiary/aromatic N) is 2. The van der Waals surface area contributed by atoms with Gasteiger partial charge in [0.2, 0.25) is 0 Å². The highest BCUT2D eigenvalue weighted by atomic mass is 16.7. The van der Waals surface area contributed by atoms with Crippen molar-refractivity contribution in [3.05, 3.63) is 42.3 Å². The molecule has 7 nitrogen and oxygen atoms in total. The highest BCUT2D eigenvalue weighted by Gasteiger charge is 2.52. The number of hydrogen-bond acceptors (Lipinski definition) is 6. The summed E-state index contributed by atoms with van der Waals surface area (Å²) in [6.45, 7) is 4.21. The minimum absolute atomic E-state index is 0.0429. The van der Waals surface area contributed by atoms with Gasteiger partial charge < -0.3 is 15.0 Å². The maximum atomic E-state index is 13.4. The average molecular weight is 371 g/mol. The highest BCUT2D eigenvalue weighted by Crippen LogP contribution is 2.40. The molecule has 3 aliphatic heterocycles. The Kier molecular flexibility index (Phi) is 5.54. The number of carbonyl (C=O) groups excluding carboxylic acids is 1. The Balaban J connectivity index is 1.76. The van der Waals surface area contributed by atoms with Crippen LogP contribution in [0, 0.1) is 11.8 Å². The molecule has 0 aromatic heterocycles. The number of likely N-dealkylation sites (tertiary alicyclic amines) is 1. The van der Waals surface area contributed by atoms with Gasteiger partial charge in [-0.25, -0.2) is 5.48 Å². The van der Waals surface area contributed by atoms with E-state index < -0.39 is 11.6 Å². The summed E-state index contributed by atoms with van der Waals surface area (Å²) in [7, 11) is 0. The zero-order chi connectivity index (χ0) is 18.7. The molecule has 0 bridgehead atoms. The van der Waals surface area contributed by atoms with E-state index in [4.69, 9.17) is 15.0 Å². The summed E-state index contributed by atoms with van der Waals surface area (Å²) in [6.07, 6.45) is 4.69. The molecule has 4 rings (SSSR count). The van der Waals surface area contributed by atoms with E-state index in [-0.39, 0.29) is 11.9 Å². The van der Waals surface area contributed by atoms with Gasteiger partial charge in [-0.05, 0) is 24.8 Å². The molecule has 3 heterocycles. The SMILES string of the molecule is N=CC1(c2ccccc2)C(N2CCOCC2)[CH]CCN1C(=O)C1CCNO1. The molecule has 1 aromatic rings. The van der Waals surface area contributed by atoms with Crippen molar-refractivity contribution in [1.29, 1.82) is 5.41 Å². The number of rotatable bonds is 4. The molecule has 1 amide bonds. The molecule has 0 aliphatic carbocycles. The lowest BCUT2D eigenvalue weighted by atomic mass is 9.75. The number of nitrogens with one attached hydrogen (secondary N) is 2. The number of carbonyl (C=O) groups is 1. The second-order valence-corrected chi connectivity index (χ2v) is 7.23. The molecule has 3 fully saturated rings. The van der Waals surface area contributed by atoms with Crippen molar-refractivity contribution in [2.45, 2.75) is 30.5 Å². The van der Waals surface area contributed by atoms with Crippen LogP contribution in [0.1, 0.15) is 18.4 Å². The normalized spacial score (nSPS) is 32.4. The Hall–Kier alpha value is -1.80. The van der Waals surface area contributed by atoms with Crippen LogP contribution in [0.25, 0.3) is 0 Å². The smallest absolute Gasteiger partial charge is 0.254 e. The molecule has 0 saturated carbocycles. The van der Waals surface area contributed by atoms with Gasteiger partial charge in [-0.1, -0.05) is 30.3 Å². The third-order valence-corrected chi connectivity index (χ3v) is 5.81. The Morgan fingerprint density at radius 1 is 1.22 bits per heavy atom. The summed E-state index contributed by atoms with van der Waals surface area (Å²) in [5.41, 5.74) is 2.94. The molecule has 2 N–H and O–H groups in total. The van der Waals surface area contributed by atoms with Crippen molar-refractivity contribution in [3.63, 3.8) is 0 Å². The van der Waals surface area contributed by atoms with E-state index in [0.717, 1.165) is 25.1 Å². The van der Waals surface area contributed by atoms with Gasteiger partial charge in [0, 0.05) is 38.4 Å². The van der Waals surface area contributed by atoms with Gasteiger partial charge in [-0.2, -0.15) is 0 Å². The fourth-order valence-corrected chi connectivity index (χ4v) is 4.50. The molecule has 1 aromatic carbocycles. The summed E-state index contributed by atoms with van der Waals surface area (Å²) in [5, 5.41) is 8.47. The molecule has 27 heavy (non-hydrogen) atoms. The van der Waals surface area contributed by atoms with Crippen molar-refractivity contribution >= 4 is 12.1 Å². The molecule has 145 valence electrons. The Labute approximate surface area is 160 Å². The Bertz CT molecular complexity index is 658. The fraction of sp³-hybridized carbons (Fsp3) is 0.550. The molecule has 7 heteroatoms. The minimum atomic E-state index is -0.833. The molecule has 3 atom stereocenters. The molecule has 3 aliphatic rings. The van der Waals surface area contributed by atoms with Crippen LogP contribution in [0.4, 0.5) is 0 Å². The first-order valence-electron chi connectivity index (χ1n) is 9.69. The van der Waals surface area contributed by atoms with Gasteiger partial charge in [0.1, 0.15) is 5.54 Å². The first-order chi connectivity index (χ1) is 13.3. The second-order valence-electron chi connectivity index (χ2n) is 7.23. The summed E-state index contributed by atoms with van der Waals surface area (Å²) in [5.74, 6) is -0.0429. The number of hydrogen-bond donors (Lipinski definition) is 2. The first-order valence-corrected chi connectivity index (χ1v) is 9.69. The summed E-state index contributed by atoms with van der Waals surface area (Å²) >= 11 is 0. The van der Waals surface area contributed by atoms with Gasteiger partial charge in [-0.3, -0.25) is 14.5 Å². The first kappa shape index (κ1) is 18.6. The standard InChI is InChI=1S/C20H27N4O3/c21-15-20(16-5-2-1-3-6-16)18(23-11-13-26-14-12-23)7-4-10-24(20)19(25)17-8-9-22-27-17/h1-3,5-7,15,17-18,21-22H,4,8-14H2. The van der Waals surface area contributed by atoms with Gasteiger partial charge in [0.25, 0.3) is 5.91 Å². The third-order valence-electron chi connectivity index (χ3n) is 5.81. The van der Waals surface area contributed by atoms with E-state index in [1.807, 2.05) is 35.2 Å². The van der Waals surface area contributed by atoms with Crippen molar-refractivity contribution in [3.8, 4) is 0 Å². The van der Waals surface area contributed by atoms with Gasteiger partial charge >= 0.3 is 0 Å². The molecule has 0 spiro atoms. The van der Waals surface area contributed by atoms with E-state index in [1.54, 1.807) is 0 Å². The van der Waals surface area contributed by atoms with Crippen molar-refractivity contribution in [2.24, 2.45) is 0 Å². The van der Waals surface area contributed by atoms with Gasteiger partial charge in [-0.15, -0.1) is 0 Å². The highest BCUT2D eigenvalue weighted by molar-refractivity contribution is 5.88. The van der Waals surface area contributed by atoms with E-state index in [9.17, 15) is 4.79 Å². The van der Waals surface area contributed by atoms with Crippen LogP contribution in [0.15, 0.2) is 30.3 Å². The van der Waals surface area contributed by atoms with Crippen molar-refractivity contribution in [2.75, 3.05) is 39.4 Å². The molecular formula is C20H27N4O3. The number of hydroxylamine groups is 1. The van der Waals surface area contributed by atoms with E-state index in [0.29, 0.717) is 32.7 Å². The van der Waals surface area contributed by atoms with E-state index in [2.05, 4.69) is 16.8 Å². The fourth-order valence-electron chi connectivity index (χ4n) is 4.50. The zero-order valence-electron chi connectivity index (χ0n) is 15.5. The molecule has 1 radical (unpaired) electrons. The largest absolute Gasteiger partial charge is 0.379 e. The summed E-state index contributed by atoms with van der Waals surface area (Å²) in [6, 6.07) is 9.89. The van der Waals surface area contributed by atoms with Gasteiger partial charge in [0.15, 0.2) is 6.10 Å². The van der Waals surface area contributed by atoms with Crippen LogP contribution >= 0.6 is 0 Å². The van der Waals surface area contributed by atoms with Crippen LogP contribution in [-0.4, -0.2) is 73.5 Å². The molecular weight excluding hydrogens is 344 g/mol. The zero-order valence-corrected chi connectivity index (χ0v) is 15.5. The quantitative estimate of drug-likeness (QED) is 0.771. The topological polar surface area (TPSA) is 77.9 Å². The lowest BCUT2D eigenvalue weighted by Gasteiger charge is -2.54. The monoisotopic (exact) mass is 371 g/mol.